The van der Waals surface area contributed by atoms with E-state index in [2.05, 4.69) is 10.6 Å². The summed E-state index contributed by atoms with van der Waals surface area (Å²) in [6.07, 6.45) is 0.203. The molecule has 1 aromatic rings. The second-order valence-corrected chi connectivity index (χ2v) is 8.48. The summed E-state index contributed by atoms with van der Waals surface area (Å²) >= 11 is 0. The smallest absolute Gasteiger partial charge is 0.262 e. The number of fused-ring (bicyclic) bond motifs is 1. The van der Waals surface area contributed by atoms with E-state index < -0.39 is 29.7 Å². The Morgan fingerprint density at radius 2 is 1.34 bits per heavy atom. The number of carbonyl (C=O) groups is 4. The summed E-state index contributed by atoms with van der Waals surface area (Å²) in [5.74, 6) is -2.11. The number of hydrogen-bond donors (Lipinski definition) is 3. The van der Waals surface area contributed by atoms with E-state index in [4.69, 9.17) is 29.4 Å². The number of rotatable bonds is 19. The van der Waals surface area contributed by atoms with Gasteiger partial charge in [0.05, 0.1) is 77.2 Å². The van der Waals surface area contributed by atoms with Crippen LogP contribution in [0.25, 0.3) is 0 Å². The molecule has 0 spiro atoms. The molecule has 1 unspecified atom stereocenters. The third-order valence-corrected chi connectivity index (χ3v) is 5.77. The van der Waals surface area contributed by atoms with E-state index in [-0.39, 0.29) is 24.0 Å². The lowest BCUT2D eigenvalue weighted by molar-refractivity contribution is -0.136. The maximum Gasteiger partial charge on any atom is 0.262 e. The van der Waals surface area contributed by atoms with Crippen LogP contribution in [-0.4, -0.2) is 114 Å². The number of anilines is 1. The molecule has 38 heavy (non-hydrogen) atoms. The number of amides is 4. The number of nitrogens with two attached hydrogens (primary N) is 1. The lowest BCUT2D eigenvalue weighted by Crippen LogP contribution is -2.54. The Morgan fingerprint density at radius 3 is 1.92 bits per heavy atom. The van der Waals surface area contributed by atoms with Crippen LogP contribution in [0, 0.1) is 0 Å². The number of nitrogens with zero attached hydrogens (tertiary/aromatic N) is 1. The van der Waals surface area contributed by atoms with Gasteiger partial charge in [-0.2, -0.15) is 0 Å². The quantitative estimate of drug-likeness (QED) is 0.155. The lowest BCUT2D eigenvalue weighted by Gasteiger charge is -2.27. The lowest BCUT2D eigenvalue weighted by atomic mass is 10.0. The molecule has 4 amide bonds. The molecule has 1 saturated heterocycles. The highest BCUT2D eigenvalue weighted by Crippen LogP contribution is 2.29. The molecule has 0 aliphatic carbocycles. The summed E-state index contributed by atoms with van der Waals surface area (Å²) in [4.78, 5) is 50.1. The minimum Gasteiger partial charge on any atom is -0.383 e. The molecule has 2 heterocycles. The second-order valence-electron chi connectivity index (χ2n) is 8.48. The van der Waals surface area contributed by atoms with Crippen molar-refractivity contribution in [1.82, 2.24) is 10.2 Å². The highest BCUT2D eigenvalue weighted by atomic mass is 16.6. The Labute approximate surface area is 221 Å². The van der Waals surface area contributed by atoms with Crippen molar-refractivity contribution in [2.45, 2.75) is 18.9 Å². The fourth-order valence-electron chi connectivity index (χ4n) is 3.91. The predicted molar refractivity (Wildman–Crippen MR) is 135 cm³/mol. The molecule has 13 nitrogen and oxygen atoms in total. The van der Waals surface area contributed by atoms with Crippen molar-refractivity contribution in [2.75, 3.05) is 84.5 Å². The van der Waals surface area contributed by atoms with E-state index in [0.29, 0.717) is 84.8 Å². The average molecular weight is 537 g/mol. The SMILES string of the molecule is NCCOCCOCCOCCOCCOCCNc1ccc2c(c1)C(=O)N(C1CCC(=O)NC1=O)C2=O. The summed E-state index contributed by atoms with van der Waals surface area (Å²) in [5.41, 5.74) is 6.44. The Kier molecular flexibility index (Phi) is 12.6. The Bertz CT molecular complexity index is 959. The Hall–Kier alpha value is -2.94. The van der Waals surface area contributed by atoms with Crippen molar-refractivity contribution in [3.8, 4) is 0 Å². The fraction of sp³-hybridized carbons (Fsp3) is 0.600. The number of carbonyl (C=O) groups excluding carboxylic acids is 4. The minimum absolute atomic E-state index is 0.0813. The number of ether oxygens (including phenoxy) is 5. The van der Waals surface area contributed by atoms with Crippen LogP contribution in [0.5, 0.6) is 0 Å². The van der Waals surface area contributed by atoms with Crippen molar-refractivity contribution < 1.29 is 42.9 Å². The van der Waals surface area contributed by atoms with Gasteiger partial charge in [-0.1, -0.05) is 0 Å². The monoisotopic (exact) mass is 536 g/mol. The molecule has 3 rings (SSSR count). The van der Waals surface area contributed by atoms with Crippen molar-refractivity contribution in [1.29, 1.82) is 0 Å². The molecule has 1 atom stereocenters. The summed E-state index contributed by atoms with van der Waals surface area (Å²) in [6.45, 7) is 5.74. The second kappa shape index (κ2) is 16.1. The predicted octanol–water partition coefficient (Wildman–Crippen LogP) is -0.459. The van der Waals surface area contributed by atoms with E-state index in [1.807, 2.05) is 0 Å². The molecule has 4 N–H and O–H groups in total. The summed E-state index contributed by atoms with van der Waals surface area (Å²) < 4.78 is 26.9. The standard InChI is InChI=1S/C25H36N4O9/c26-5-7-34-9-11-36-13-15-38-16-14-37-12-10-35-8-6-27-18-1-2-19-20(17-18)25(33)29(24(19)32)21-3-4-22(30)28-23(21)31/h1-2,17,21,27H,3-16,26H2,(H,28,30,31). The first-order valence-corrected chi connectivity index (χ1v) is 12.7. The van der Waals surface area contributed by atoms with Crippen LogP contribution in [0.2, 0.25) is 0 Å². The molecule has 2 aliphatic rings. The van der Waals surface area contributed by atoms with E-state index in [0.717, 1.165) is 4.90 Å². The van der Waals surface area contributed by atoms with Crippen LogP contribution < -0.4 is 16.4 Å². The van der Waals surface area contributed by atoms with Crippen LogP contribution in [0.1, 0.15) is 33.6 Å². The van der Waals surface area contributed by atoms with Crippen LogP contribution in [0.3, 0.4) is 0 Å². The maximum absolute atomic E-state index is 12.9. The zero-order valence-corrected chi connectivity index (χ0v) is 21.4. The maximum atomic E-state index is 12.9. The number of nitrogens with one attached hydrogen (secondary N) is 2. The molecular formula is C25H36N4O9. The highest BCUT2D eigenvalue weighted by molar-refractivity contribution is 6.23. The first-order valence-electron chi connectivity index (χ1n) is 12.7. The van der Waals surface area contributed by atoms with Gasteiger partial charge in [-0.05, 0) is 24.6 Å². The summed E-state index contributed by atoms with van der Waals surface area (Å²) in [7, 11) is 0. The van der Waals surface area contributed by atoms with Gasteiger partial charge in [0.15, 0.2) is 0 Å². The third kappa shape index (κ3) is 8.82. The van der Waals surface area contributed by atoms with Gasteiger partial charge in [0.2, 0.25) is 11.8 Å². The first-order chi connectivity index (χ1) is 18.5. The summed E-state index contributed by atoms with van der Waals surface area (Å²) in [5, 5.41) is 5.34. The molecule has 0 bridgehead atoms. The average Bonchev–Trinajstić information content (AvgIpc) is 3.15. The van der Waals surface area contributed by atoms with Crippen molar-refractivity contribution in [3.63, 3.8) is 0 Å². The number of benzene rings is 1. The number of hydrogen-bond acceptors (Lipinski definition) is 11. The number of imide groups is 2. The Morgan fingerprint density at radius 1 is 0.789 bits per heavy atom. The van der Waals surface area contributed by atoms with Gasteiger partial charge in [-0.3, -0.25) is 29.4 Å². The molecule has 1 aromatic carbocycles. The van der Waals surface area contributed by atoms with Crippen molar-refractivity contribution >= 4 is 29.3 Å². The summed E-state index contributed by atoms with van der Waals surface area (Å²) in [6, 6.07) is 3.86. The highest BCUT2D eigenvalue weighted by Gasteiger charge is 2.44. The van der Waals surface area contributed by atoms with E-state index in [1.165, 1.54) is 0 Å². The molecule has 210 valence electrons. The zero-order chi connectivity index (χ0) is 27.2. The molecule has 0 saturated carbocycles. The van der Waals surface area contributed by atoms with Crippen LogP contribution in [-0.2, 0) is 33.3 Å². The molecule has 0 radical (unpaired) electrons. The largest absolute Gasteiger partial charge is 0.383 e. The van der Waals surface area contributed by atoms with Gasteiger partial charge in [0, 0.05) is 25.2 Å². The fourth-order valence-corrected chi connectivity index (χ4v) is 3.91. The molecule has 2 aliphatic heterocycles. The van der Waals surface area contributed by atoms with Crippen LogP contribution in [0.15, 0.2) is 18.2 Å². The van der Waals surface area contributed by atoms with E-state index in [9.17, 15) is 19.2 Å². The molecule has 13 heteroatoms. The molecular weight excluding hydrogens is 500 g/mol. The van der Waals surface area contributed by atoms with E-state index >= 15 is 0 Å². The Balaban J connectivity index is 1.23. The topological polar surface area (TPSA) is 168 Å². The van der Waals surface area contributed by atoms with Gasteiger partial charge in [-0.15, -0.1) is 0 Å². The van der Waals surface area contributed by atoms with Crippen molar-refractivity contribution in [2.24, 2.45) is 5.73 Å². The van der Waals surface area contributed by atoms with Gasteiger partial charge in [-0.25, -0.2) is 0 Å². The zero-order valence-electron chi connectivity index (χ0n) is 21.4. The van der Waals surface area contributed by atoms with Crippen LogP contribution >= 0.6 is 0 Å². The minimum atomic E-state index is -0.982. The van der Waals surface area contributed by atoms with Gasteiger partial charge < -0.3 is 34.7 Å². The van der Waals surface area contributed by atoms with Crippen molar-refractivity contribution in [3.05, 3.63) is 29.3 Å². The van der Waals surface area contributed by atoms with Crippen LogP contribution in [0.4, 0.5) is 5.69 Å². The third-order valence-electron chi connectivity index (χ3n) is 5.77. The normalized spacial score (nSPS) is 17.2. The van der Waals surface area contributed by atoms with Gasteiger partial charge >= 0.3 is 0 Å². The number of piperidine rings is 1. The van der Waals surface area contributed by atoms with Gasteiger partial charge in [0.1, 0.15) is 6.04 Å². The van der Waals surface area contributed by atoms with E-state index in [1.54, 1.807) is 18.2 Å². The van der Waals surface area contributed by atoms with Gasteiger partial charge in [0.25, 0.3) is 11.8 Å². The molecule has 0 aromatic heterocycles. The first kappa shape index (κ1) is 29.6. The molecule has 1 fully saturated rings.